The number of oxazole rings is 1. The number of piperazine rings is 1. The number of aromatic nitrogens is 1. The maximum absolute atomic E-state index is 12.2. The van der Waals surface area contributed by atoms with Crippen LogP contribution in [-0.2, 0) is 16.0 Å². The van der Waals surface area contributed by atoms with Gasteiger partial charge in [0.2, 0.25) is 12.3 Å². The van der Waals surface area contributed by atoms with Crippen LogP contribution in [-0.4, -0.2) is 53.3 Å². The first-order valence-electron chi connectivity index (χ1n) is 6.55. The number of benzene rings is 1. The zero-order chi connectivity index (χ0) is 13.9. The molecular formula is C14H15N3O3. The number of nitrogens with zero attached hydrogens (tertiary/aromatic N) is 3. The van der Waals surface area contributed by atoms with Crippen LogP contribution in [0.3, 0.4) is 0 Å². The molecule has 0 radical (unpaired) electrons. The number of carbonyl (C=O) groups is 2. The lowest BCUT2D eigenvalue weighted by molar-refractivity contribution is -0.134. The maximum Gasteiger partial charge on any atom is 0.227 e. The quantitative estimate of drug-likeness (QED) is 0.771. The van der Waals surface area contributed by atoms with Crippen molar-refractivity contribution >= 4 is 23.4 Å². The summed E-state index contributed by atoms with van der Waals surface area (Å²) in [6, 6.07) is 5.60. The first-order valence-corrected chi connectivity index (χ1v) is 6.55. The van der Waals surface area contributed by atoms with Crippen molar-refractivity contribution in [3.63, 3.8) is 0 Å². The van der Waals surface area contributed by atoms with Crippen molar-refractivity contribution in [2.24, 2.45) is 0 Å². The van der Waals surface area contributed by atoms with E-state index in [1.165, 1.54) is 6.39 Å². The number of hydrogen-bond acceptors (Lipinski definition) is 4. The van der Waals surface area contributed by atoms with Crippen molar-refractivity contribution in [1.82, 2.24) is 14.8 Å². The van der Waals surface area contributed by atoms with E-state index in [0.717, 1.165) is 17.5 Å². The Morgan fingerprint density at radius 1 is 1.30 bits per heavy atom. The van der Waals surface area contributed by atoms with E-state index in [1.54, 1.807) is 9.80 Å². The standard InChI is InChI=1S/C14H15N3O3/c18-10-16-3-5-17(6-4-16)14(19)8-11-1-2-12-13(7-11)20-9-15-12/h1-2,7,9-10H,3-6,8H2. The lowest BCUT2D eigenvalue weighted by atomic mass is 10.1. The van der Waals surface area contributed by atoms with Gasteiger partial charge in [0.15, 0.2) is 12.0 Å². The highest BCUT2D eigenvalue weighted by molar-refractivity contribution is 5.81. The Bertz CT molecular complexity index is 629. The molecule has 0 spiro atoms. The molecule has 0 saturated carbocycles. The highest BCUT2D eigenvalue weighted by atomic mass is 16.3. The van der Waals surface area contributed by atoms with Crippen LogP contribution in [0.15, 0.2) is 29.0 Å². The van der Waals surface area contributed by atoms with Crippen LogP contribution in [0.1, 0.15) is 5.56 Å². The van der Waals surface area contributed by atoms with Gasteiger partial charge >= 0.3 is 0 Å². The van der Waals surface area contributed by atoms with E-state index >= 15 is 0 Å². The van der Waals surface area contributed by atoms with Gasteiger partial charge in [-0.05, 0) is 17.7 Å². The summed E-state index contributed by atoms with van der Waals surface area (Å²) in [5.74, 6) is 0.0782. The Morgan fingerprint density at radius 3 is 2.85 bits per heavy atom. The number of hydrogen-bond donors (Lipinski definition) is 0. The third-order valence-electron chi connectivity index (χ3n) is 3.57. The van der Waals surface area contributed by atoms with Gasteiger partial charge in [-0.3, -0.25) is 9.59 Å². The molecule has 0 N–H and O–H groups in total. The summed E-state index contributed by atoms with van der Waals surface area (Å²) in [7, 11) is 0. The molecule has 0 bridgehead atoms. The van der Waals surface area contributed by atoms with Gasteiger partial charge in [0.05, 0.1) is 6.42 Å². The van der Waals surface area contributed by atoms with Crippen LogP contribution in [0.25, 0.3) is 11.1 Å². The Hall–Kier alpha value is -2.37. The molecule has 1 fully saturated rings. The molecule has 1 aromatic carbocycles. The molecule has 1 aliphatic rings. The maximum atomic E-state index is 12.2. The second-order valence-corrected chi connectivity index (χ2v) is 4.85. The Labute approximate surface area is 116 Å². The van der Waals surface area contributed by atoms with Gasteiger partial charge in [0.1, 0.15) is 5.52 Å². The first kappa shape index (κ1) is 12.7. The Morgan fingerprint density at radius 2 is 2.10 bits per heavy atom. The minimum atomic E-state index is 0.0782. The van der Waals surface area contributed by atoms with E-state index in [-0.39, 0.29) is 5.91 Å². The molecule has 20 heavy (non-hydrogen) atoms. The predicted octanol–water partition coefficient (Wildman–Crippen LogP) is 0.671. The van der Waals surface area contributed by atoms with Gasteiger partial charge in [-0.25, -0.2) is 4.98 Å². The lowest BCUT2D eigenvalue weighted by Crippen LogP contribution is -2.48. The lowest BCUT2D eigenvalue weighted by Gasteiger charge is -2.32. The van der Waals surface area contributed by atoms with Crippen molar-refractivity contribution in [2.75, 3.05) is 26.2 Å². The predicted molar refractivity (Wildman–Crippen MR) is 71.9 cm³/mol. The average Bonchev–Trinajstić information content (AvgIpc) is 2.95. The fraction of sp³-hybridized carbons (Fsp3) is 0.357. The second kappa shape index (κ2) is 5.32. The van der Waals surface area contributed by atoms with Gasteiger partial charge < -0.3 is 14.2 Å². The molecule has 1 aliphatic heterocycles. The largest absolute Gasteiger partial charge is 0.443 e. The molecule has 0 atom stereocenters. The van der Waals surface area contributed by atoms with Crippen LogP contribution < -0.4 is 0 Å². The summed E-state index contributed by atoms with van der Waals surface area (Å²) < 4.78 is 5.23. The van der Waals surface area contributed by atoms with E-state index in [2.05, 4.69) is 4.98 Å². The topological polar surface area (TPSA) is 66.7 Å². The van der Waals surface area contributed by atoms with Crippen LogP contribution in [0.5, 0.6) is 0 Å². The third-order valence-corrected chi connectivity index (χ3v) is 3.57. The van der Waals surface area contributed by atoms with Crippen molar-refractivity contribution in [2.45, 2.75) is 6.42 Å². The van der Waals surface area contributed by atoms with Crippen molar-refractivity contribution in [3.05, 3.63) is 30.2 Å². The highest BCUT2D eigenvalue weighted by Gasteiger charge is 2.20. The second-order valence-electron chi connectivity index (χ2n) is 4.85. The van der Waals surface area contributed by atoms with Crippen LogP contribution in [0.4, 0.5) is 0 Å². The molecule has 6 nitrogen and oxygen atoms in total. The van der Waals surface area contributed by atoms with E-state index < -0.39 is 0 Å². The molecule has 2 amide bonds. The summed E-state index contributed by atoms with van der Waals surface area (Å²) >= 11 is 0. The number of fused-ring (bicyclic) bond motifs is 1. The summed E-state index contributed by atoms with van der Waals surface area (Å²) in [6.07, 6.45) is 2.58. The summed E-state index contributed by atoms with van der Waals surface area (Å²) in [6.45, 7) is 2.41. The normalized spacial score (nSPS) is 15.6. The molecular weight excluding hydrogens is 258 g/mol. The van der Waals surface area contributed by atoms with Gasteiger partial charge in [0, 0.05) is 26.2 Å². The van der Waals surface area contributed by atoms with Gasteiger partial charge in [-0.15, -0.1) is 0 Å². The minimum Gasteiger partial charge on any atom is -0.443 e. The Kier molecular flexibility index (Phi) is 3.37. The van der Waals surface area contributed by atoms with Gasteiger partial charge in [-0.1, -0.05) is 6.07 Å². The molecule has 2 heterocycles. The van der Waals surface area contributed by atoms with Crippen LogP contribution in [0, 0.1) is 0 Å². The third kappa shape index (κ3) is 2.49. The molecule has 104 valence electrons. The molecule has 0 unspecified atom stereocenters. The van der Waals surface area contributed by atoms with E-state index in [0.29, 0.717) is 38.2 Å². The highest BCUT2D eigenvalue weighted by Crippen LogP contribution is 2.15. The summed E-state index contributed by atoms with van der Waals surface area (Å²) in [4.78, 5) is 30.4. The van der Waals surface area contributed by atoms with Crippen molar-refractivity contribution in [1.29, 1.82) is 0 Å². The molecule has 0 aliphatic carbocycles. The fourth-order valence-electron chi connectivity index (χ4n) is 2.37. The molecule has 6 heteroatoms. The molecule has 1 saturated heterocycles. The molecule has 1 aromatic heterocycles. The van der Waals surface area contributed by atoms with Crippen LogP contribution in [0.2, 0.25) is 0 Å². The first-order chi connectivity index (χ1) is 9.76. The molecule has 3 rings (SSSR count). The van der Waals surface area contributed by atoms with E-state index in [1.807, 2.05) is 18.2 Å². The SMILES string of the molecule is O=CN1CCN(C(=O)Cc2ccc3ncoc3c2)CC1. The monoisotopic (exact) mass is 273 g/mol. The van der Waals surface area contributed by atoms with Crippen LogP contribution >= 0.6 is 0 Å². The fourth-order valence-corrected chi connectivity index (χ4v) is 2.37. The van der Waals surface area contributed by atoms with Crippen molar-refractivity contribution < 1.29 is 14.0 Å². The number of rotatable bonds is 3. The number of carbonyl (C=O) groups excluding carboxylic acids is 2. The zero-order valence-electron chi connectivity index (χ0n) is 11.0. The minimum absolute atomic E-state index is 0.0782. The van der Waals surface area contributed by atoms with Crippen molar-refractivity contribution in [3.8, 4) is 0 Å². The summed E-state index contributed by atoms with van der Waals surface area (Å²) in [5, 5.41) is 0. The molecule has 2 aromatic rings. The number of amides is 2. The smallest absolute Gasteiger partial charge is 0.227 e. The van der Waals surface area contributed by atoms with Gasteiger partial charge in [0.25, 0.3) is 0 Å². The average molecular weight is 273 g/mol. The van der Waals surface area contributed by atoms with E-state index in [9.17, 15) is 9.59 Å². The Balaban J connectivity index is 1.65. The summed E-state index contributed by atoms with van der Waals surface area (Å²) in [5.41, 5.74) is 2.40. The zero-order valence-corrected chi connectivity index (χ0v) is 11.0. The van der Waals surface area contributed by atoms with E-state index in [4.69, 9.17) is 4.42 Å². The van der Waals surface area contributed by atoms with Gasteiger partial charge in [-0.2, -0.15) is 0 Å².